The number of ether oxygens (including phenoxy) is 4. The number of aliphatic hydroxyl groups is 3. The second-order valence-corrected chi connectivity index (χ2v) is 13.8. The summed E-state index contributed by atoms with van der Waals surface area (Å²) in [6.45, 7) is 3.59. The highest BCUT2D eigenvalue weighted by Crippen LogP contribution is 2.26. The topological polar surface area (TPSA) is 178 Å². The van der Waals surface area contributed by atoms with Crippen molar-refractivity contribution >= 4 is 16.4 Å². The van der Waals surface area contributed by atoms with E-state index in [0.29, 0.717) is 19.4 Å². The lowest BCUT2D eigenvalue weighted by molar-refractivity contribution is -0.301. The molecular weight excluding hydrogens is 692 g/mol. The van der Waals surface area contributed by atoms with E-state index in [2.05, 4.69) is 66.6 Å². The van der Waals surface area contributed by atoms with Crippen molar-refractivity contribution in [3.05, 3.63) is 60.8 Å². The van der Waals surface area contributed by atoms with Gasteiger partial charge in [0.2, 0.25) is 0 Å². The molecule has 0 aromatic carbocycles. The van der Waals surface area contributed by atoms with E-state index in [0.717, 1.165) is 51.4 Å². The number of rotatable bonds is 31. The molecule has 1 aliphatic heterocycles. The number of hydrogen-bond donors (Lipinski definition) is 4. The van der Waals surface area contributed by atoms with Gasteiger partial charge >= 0.3 is 16.4 Å². The maximum absolute atomic E-state index is 12.7. The van der Waals surface area contributed by atoms with Gasteiger partial charge in [0.1, 0.15) is 30.5 Å². The summed E-state index contributed by atoms with van der Waals surface area (Å²) in [7, 11) is -5.07. The molecule has 1 rings (SSSR count). The molecule has 0 aromatic rings. The molecule has 1 aliphatic rings. The van der Waals surface area contributed by atoms with E-state index in [-0.39, 0.29) is 19.6 Å². The molecule has 0 spiro atoms. The second kappa shape index (κ2) is 31.2. The summed E-state index contributed by atoms with van der Waals surface area (Å²) < 4.78 is 58.6. The minimum absolute atomic E-state index is 0.0198. The van der Waals surface area contributed by atoms with Crippen LogP contribution in [0.3, 0.4) is 0 Å². The van der Waals surface area contributed by atoms with Crippen molar-refractivity contribution in [2.24, 2.45) is 0 Å². The van der Waals surface area contributed by atoms with Crippen LogP contribution in [0.15, 0.2) is 60.8 Å². The minimum Gasteiger partial charge on any atom is -0.457 e. The van der Waals surface area contributed by atoms with E-state index in [1.807, 2.05) is 12.2 Å². The van der Waals surface area contributed by atoms with Crippen LogP contribution in [0.1, 0.15) is 117 Å². The summed E-state index contributed by atoms with van der Waals surface area (Å²) >= 11 is 0. The van der Waals surface area contributed by atoms with Gasteiger partial charge in [-0.1, -0.05) is 126 Å². The Morgan fingerprint density at radius 3 is 1.83 bits per heavy atom. The highest BCUT2D eigenvalue weighted by atomic mass is 32.3. The van der Waals surface area contributed by atoms with E-state index >= 15 is 0 Å². The normalized spacial score (nSPS) is 22.2. The average molecular weight is 759 g/mol. The molecular formula is C39H66O12S. The summed E-state index contributed by atoms with van der Waals surface area (Å²) in [6.07, 6.45) is 27.3. The van der Waals surface area contributed by atoms with Crippen LogP contribution in [0.4, 0.5) is 0 Å². The van der Waals surface area contributed by atoms with E-state index in [9.17, 15) is 28.5 Å². The fourth-order valence-electron chi connectivity index (χ4n) is 5.32. The third-order valence-corrected chi connectivity index (χ3v) is 8.64. The quantitative estimate of drug-likeness (QED) is 0.0258. The minimum atomic E-state index is -5.07. The molecule has 1 heterocycles. The van der Waals surface area contributed by atoms with Gasteiger partial charge in [0, 0.05) is 6.42 Å². The Kier molecular flexibility index (Phi) is 28.7. The van der Waals surface area contributed by atoms with Gasteiger partial charge in [-0.25, -0.2) is 4.18 Å². The highest BCUT2D eigenvalue weighted by molar-refractivity contribution is 7.80. The zero-order valence-electron chi connectivity index (χ0n) is 31.3. The van der Waals surface area contributed by atoms with Gasteiger partial charge in [-0.05, 0) is 44.9 Å². The maximum Gasteiger partial charge on any atom is 0.397 e. The van der Waals surface area contributed by atoms with Crippen LogP contribution >= 0.6 is 0 Å². The number of allylic oxidation sites excluding steroid dienone is 9. The Bertz CT molecular complexity index is 1150. The first-order chi connectivity index (χ1) is 25.1. The third-order valence-electron chi connectivity index (χ3n) is 8.17. The van der Waals surface area contributed by atoms with Gasteiger partial charge in [-0.15, -0.1) is 0 Å². The molecule has 0 aromatic heterocycles. The lowest BCUT2D eigenvalue weighted by Gasteiger charge is -2.41. The fraction of sp³-hybridized carbons (Fsp3) is 0.718. The SMILES string of the molecule is CC/C=C\C/C=C\C/C=C\C/C=C\C/C=C\CCOCC(COC1OC(CO)C(O)C(OS(=O)(=O)O)C1O)OC(=O)CCCCCCCCCCC. The molecule has 4 N–H and O–H groups in total. The van der Waals surface area contributed by atoms with Crippen molar-refractivity contribution in [2.75, 3.05) is 26.4 Å². The lowest BCUT2D eigenvalue weighted by atomic mass is 9.99. The molecule has 300 valence electrons. The van der Waals surface area contributed by atoms with E-state index in [1.165, 1.54) is 32.1 Å². The molecule has 12 nitrogen and oxygen atoms in total. The van der Waals surface area contributed by atoms with Crippen LogP contribution in [0, 0.1) is 0 Å². The van der Waals surface area contributed by atoms with Crippen LogP contribution in [0.5, 0.6) is 0 Å². The Balaban J connectivity index is 2.57. The largest absolute Gasteiger partial charge is 0.457 e. The molecule has 0 saturated carbocycles. The molecule has 6 unspecified atom stereocenters. The standard InChI is InChI=1S/C39H66O12S/c1-3-5-7-9-11-13-14-15-16-17-18-19-21-23-25-27-29-47-31-33(49-35(41)28-26-24-22-20-12-10-8-6-4-2)32-48-39-37(43)38(51-52(44,45)46)36(42)34(30-40)50-39/h5,7,11,13,15-16,18-19,23,25,33-34,36-40,42-43H,3-4,6,8-10,12,14,17,20-22,24,26-32H2,1-2H3,(H,44,45,46)/b7-5-,13-11-,16-15-,19-18-,25-23-. The van der Waals surface area contributed by atoms with Crippen molar-refractivity contribution in [1.82, 2.24) is 0 Å². The number of unbranched alkanes of at least 4 members (excludes halogenated alkanes) is 8. The van der Waals surface area contributed by atoms with Gasteiger partial charge in [0.25, 0.3) is 0 Å². The van der Waals surface area contributed by atoms with E-state index in [4.69, 9.17) is 23.5 Å². The Morgan fingerprint density at radius 1 is 0.750 bits per heavy atom. The molecule has 52 heavy (non-hydrogen) atoms. The monoisotopic (exact) mass is 758 g/mol. The van der Waals surface area contributed by atoms with Crippen LogP contribution in [0.2, 0.25) is 0 Å². The molecule has 0 radical (unpaired) electrons. The van der Waals surface area contributed by atoms with Crippen molar-refractivity contribution in [2.45, 2.75) is 153 Å². The molecule has 0 amide bonds. The summed E-state index contributed by atoms with van der Waals surface area (Å²) in [5.41, 5.74) is 0. The van der Waals surface area contributed by atoms with Gasteiger partial charge in [-0.3, -0.25) is 9.35 Å². The number of carbonyl (C=O) groups is 1. The van der Waals surface area contributed by atoms with E-state index in [1.54, 1.807) is 0 Å². The smallest absolute Gasteiger partial charge is 0.397 e. The first kappa shape index (κ1) is 47.8. The van der Waals surface area contributed by atoms with Gasteiger partial charge in [-0.2, -0.15) is 8.42 Å². The van der Waals surface area contributed by atoms with Gasteiger partial charge in [0.15, 0.2) is 6.29 Å². The zero-order chi connectivity index (χ0) is 38.3. The van der Waals surface area contributed by atoms with E-state index < -0.39 is 59.8 Å². The predicted octanol–water partition coefficient (Wildman–Crippen LogP) is 6.62. The Labute approximate surface area is 312 Å². The molecule has 0 bridgehead atoms. The first-order valence-corrected chi connectivity index (χ1v) is 20.4. The molecule has 6 atom stereocenters. The molecule has 0 aliphatic carbocycles. The number of hydrogen-bond acceptors (Lipinski definition) is 11. The predicted molar refractivity (Wildman–Crippen MR) is 202 cm³/mol. The van der Waals surface area contributed by atoms with Crippen molar-refractivity contribution < 1.29 is 56.2 Å². The Morgan fingerprint density at radius 2 is 1.29 bits per heavy atom. The summed E-state index contributed by atoms with van der Waals surface area (Å²) in [6, 6.07) is 0. The summed E-state index contributed by atoms with van der Waals surface area (Å²) in [5.74, 6) is -0.431. The average Bonchev–Trinajstić information content (AvgIpc) is 3.11. The maximum atomic E-state index is 12.7. The van der Waals surface area contributed by atoms with Crippen molar-refractivity contribution in [3.8, 4) is 0 Å². The molecule has 1 fully saturated rings. The van der Waals surface area contributed by atoms with Crippen molar-refractivity contribution in [1.29, 1.82) is 0 Å². The highest BCUT2D eigenvalue weighted by Gasteiger charge is 2.48. The van der Waals surface area contributed by atoms with Crippen LogP contribution < -0.4 is 0 Å². The second-order valence-electron chi connectivity index (χ2n) is 12.8. The lowest BCUT2D eigenvalue weighted by Crippen LogP contribution is -2.60. The number of aliphatic hydroxyl groups excluding tert-OH is 3. The van der Waals surface area contributed by atoms with Crippen LogP contribution in [0.25, 0.3) is 0 Å². The number of esters is 1. The third kappa shape index (κ3) is 24.9. The molecule has 1 saturated heterocycles. The summed E-state index contributed by atoms with van der Waals surface area (Å²) in [4.78, 5) is 12.7. The first-order valence-electron chi connectivity index (χ1n) is 19.0. The molecule has 13 heteroatoms. The van der Waals surface area contributed by atoms with Crippen molar-refractivity contribution in [3.63, 3.8) is 0 Å². The Hall–Kier alpha value is -2.20. The fourth-order valence-corrected chi connectivity index (χ4v) is 5.83. The van der Waals surface area contributed by atoms with Crippen LogP contribution in [-0.2, 0) is 38.3 Å². The summed E-state index contributed by atoms with van der Waals surface area (Å²) in [5, 5.41) is 30.5. The van der Waals surface area contributed by atoms with Gasteiger partial charge < -0.3 is 34.3 Å². The number of carbonyl (C=O) groups excluding carboxylic acids is 1. The zero-order valence-corrected chi connectivity index (χ0v) is 32.2. The van der Waals surface area contributed by atoms with Crippen LogP contribution in [-0.4, -0.2) is 97.5 Å². The van der Waals surface area contributed by atoms with Gasteiger partial charge in [0.05, 0.1) is 26.4 Å².